The van der Waals surface area contributed by atoms with Crippen LogP contribution in [0.4, 0.5) is 0 Å². The predicted molar refractivity (Wildman–Crippen MR) is 153 cm³/mol. The van der Waals surface area contributed by atoms with Crippen molar-refractivity contribution in [2.24, 2.45) is 5.92 Å². The number of benzene rings is 3. The summed E-state index contributed by atoms with van der Waals surface area (Å²) >= 11 is 0. The Kier molecular flexibility index (Phi) is 8.86. The minimum Gasteiger partial charge on any atom is -0.299 e. The summed E-state index contributed by atoms with van der Waals surface area (Å²) in [5.74, 6) is 1.08. The quantitative estimate of drug-likeness (QED) is 0.294. The van der Waals surface area contributed by atoms with E-state index in [0.717, 1.165) is 50.5 Å². The van der Waals surface area contributed by atoms with Crippen molar-refractivity contribution in [2.45, 2.75) is 71.5 Å². The molecule has 0 amide bonds. The number of piperidine rings is 1. The second kappa shape index (κ2) is 12.7. The number of nitrogens with zero attached hydrogens (tertiary/aromatic N) is 2. The Morgan fingerprint density at radius 3 is 2.43 bits per heavy atom. The van der Waals surface area contributed by atoms with Gasteiger partial charge < -0.3 is 0 Å². The summed E-state index contributed by atoms with van der Waals surface area (Å²) in [5.41, 5.74) is 7.89. The Balaban J connectivity index is 1.08. The van der Waals surface area contributed by atoms with Gasteiger partial charge in [0.1, 0.15) is 0 Å². The zero-order chi connectivity index (χ0) is 25.5. The number of rotatable bonds is 9. The first-order valence-electron chi connectivity index (χ1n) is 14.3. The summed E-state index contributed by atoms with van der Waals surface area (Å²) in [5, 5.41) is 0. The molecular weight excluding hydrogens is 452 g/mol. The Hall–Kier alpha value is -2.75. The molecule has 2 heterocycles. The molecule has 0 bridgehead atoms. The minimum atomic E-state index is 0.318. The monoisotopic (exact) mass is 494 g/mol. The molecule has 0 saturated carbocycles. The number of hydrogen-bond acceptors (Lipinski definition) is 3. The minimum absolute atomic E-state index is 0.318. The third-order valence-corrected chi connectivity index (χ3v) is 8.47. The van der Waals surface area contributed by atoms with Gasteiger partial charge in [0.2, 0.25) is 0 Å². The smallest absolute Gasteiger partial charge is 0.162 e. The van der Waals surface area contributed by atoms with Crippen LogP contribution in [-0.4, -0.2) is 35.2 Å². The van der Waals surface area contributed by atoms with Crippen LogP contribution in [0.5, 0.6) is 0 Å². The molecule has 1 saturated heterocycles. The first kappa shape index (κ1) is 25.9. The van der Waals surface area contributed by atoms with E-state index in [1.165, 1.54) is 66.6 Å². The largest absolute Gasteiger partial charge is 0.299 e. The molecule has 0 atom stereocenters. The lowest BCUT2D eigenvalue weighted by molar-refractivity contribution is 0.0974. The first-order chi connectivity index (χ1) is 18.1. The van der Waals surface area contributed by atoms with Crippen molar-refractivity contribution in [3.63, 3.8) is 0 Å². The van der Waals surface area contributed by atoms with Gasteiger partial charge in [-0.25, -0.2) is 0 Å². The summed E-state index contributed by atoms with van der Waals surface area (Å²) in [6, 6.07) is 26.0. The Bertz CT molecular complexity index is 1160. The molecule has 3 aromatic carbocycles. The van der Waals surface area contributed by atoms with E-state index in [4.69, 9.17) is 0 Å². The molecule has 0 N–H and O–H groups in total. The molecule has 2 aliphatic heterocycles. The van der Waals surface area contributed by atoms with E-state index in [1.54, 1.807) is 0 Å². The lowest BCUT2D eigenvalue weighted by Crippen LogP contribution is -2.33. The molecule has 3 aromatic rings. The van der Waals surface area contributed by atoms with Crippen molar-refractivity contribution in [3.05, 3.63) is 106 Å². The number of Topliss-reactive ketones (excluding diaryl/α,β-unsaturated/α-hetero) is 1. The third kappa shape index (κ3) is 7.18. The van der Waals surface area contributed by atoms with Crippen LogP contribution in [0.2, 0.25) is 0 Å². The fraction of sp³-hybridized carbons (Fsp3) is 0.441. The van der Waals surface area contributed by atoms with Gasteiger partial charge in [-0.1, -0.05) is 66.7 Å². The van der Waals surface area contributed by atoms with E-state index in [-0.39, 0.29) is 0 Å². The van der Waals surface area contributed by atoms with Crippen molar-refractivity contribution in [1.29, 1.82) is 0 Å². The summed E-state index contributed by atoms with van der Waals surface area (Å²) in [4.78, 5) is 18.2. The van der Waals surface area contributed by atoms with Gasteiger partial charge in [-0.2, -0.15) is 0 Å². The summed E-state index contributed by atoms with van der Waals surface area (Å²) in [6.45, 7) is 8.66. The molecule has 0 aliphatic carbocycles. The number of likely N-dealkylation sites (tertiary alicyclic amines) is 1. The average Bonchev–Trinajstić information content (AvgIpc) is 3.12. The zero-order valence-electron chi connectivity index (χ0n) is 22.5. The van der Waals surface area contributed by atoms with E-state index in [1.807, 2.05) is 0 Å². The van der Waals surface area contributed by atoms with Crippen LogP contribution in [0.25, 0.3) is 0 Å². The van der Waals surface area contributed by atoms with E-state index in [9.17, 15) is 4.79 Å². The zero-order valence-corrected chi connectivity index (χ0v) is 22.5. The highest BCUT2D eigenvalue weighted by Crippen LogP contribution is 2.26. The molecule has 0 radical (unpaired) electrons. The molecule has 37 heavy (non-hydrogen) atoms. The van der Waals surface area contributed by atoms with Crippen molar-refractivity contribution in [2.75, 3.05) is 19.6 Å². The Morgan fingerprint density at radius 2 is 1.62 bits per heavy atom. The van der Waals surface area contributed by atoms with Crippen LogP contribution in [0.1, 0.15) is 76.7 Å². The Labute approximate surface area is 223 Å². The maximum atomic E-state index is 13.1. The fourth-order valence-corrected chi connectivity index (χ4v) is 6.14. The van der Waals surface area contributed by atoms with E-state index in [2.05, 4.69) is 89.5 Å². The molecule has 5 rings (SSSR count). The molecule has 3 nitrogen and oxygen atoms in total. The van der Waals surface area contributed by atoms with Crippen molar-refractivity contribution >= 4 is 5.78 Å². The van der Waals surface area contributed by atoms with Crippen LogP contribution in [0.15, 0.2) is 72.8 Å². The highest BCUT2D eigenvalue weighted by Gasteiger charge is 2.21. The number of hydrogen-bond donors (Lipinski definition) is 0. The standard InChI is InChI=1S/C34H42N2O/c1-27-9-5-6-13-32(27)25-35-21-18-28(19-22-35)12-7-15-34(37)31-17-16-30-14-8-20-36(26-33(30)23-31)24-29-10-3-2-4-11-29/h2-6,9-11,13,16-17,23,28H,7-8,12,14-15,18-22,24-26H2,1H3. The SMILES string of the molecule is Cc1ccccc1CN1CCC(CCCC(=O)c2ccc3c(c2)CN(Cc2ccccc2)CCC3)CC1. The van der Waals surface area contributed by atoms with Crippen molar-refractivity contribution < 1.29 is 4.79 Å². The van der Waals surface area contributed by atoms with Gasteiger partial charge in [0.05, 0.1) is 0 Å². The van der Waals surface area contributed by atoms with Gasteiger partial charge in [-0.3, -0.25) is 14.6 Å². The maximum absolute atomic E-state index is 13.1. The number of carbonyl (C=O) groups excluding carboxylic acids is 1. The Morgan fingerprint density at radius 1 is 0.838 bits per heavy atom. The van der Waals surface area contributed by atoms with Crippen LogP contribution in [0.3, 0.4) is 0 Å². The lowest BCUT2D eigenvalue weighted by Gasteiger charge is -2.32. The van der Waals surface area contributed by atoms with Crippen LogP contribution in [0, 0.1) is 12.8 Å². The van der Waals surface area contributed by atoms with Crippen LogP contribution in [-0.2, 0) is 26.1 Å². The van der Waals surface area contributed by atoms with Gasteiger partial charge in [0, 0.05) is 31.6 Å². The second-order valence-corrected chi connectivity index (χ2v) is 11.2. The van der Waals surface area contributed by atoms with Gasteiger partial charge >= 0.3 is 0 Å². The number of carbonyl (C=O) groups is 1. The first-order valence-corrected chi connectivity index (χ1v) is 14.3. The van der Waals surface area contributed by atoms with E-state index < -0.39 is 0 Å². The molecule has 194 valence electrons. The highest BCUT2D eigenvalue weighted by atomic mass is 16.1. The maximum Gasteiger partial charge on any atom is 0.162 e. The second-order valence-electron chi connectivity index (χ2n) is 11.2. The van der Waals surface area contributed by atoms with Gasteiger partial charge in [0.15, 0.2) is 5.78 Å². The van der Waals surface area contributed by atoms with Crippen LogP contribution >= 0.6 is 0 Å². The molecule has 3 heteroatoms. The molecular formula is C34H42N2O. The van der Waals surface area contributed by atoms with E-state index >= 15 is 0 Å². The third-order valence-electron chi connectivity index (χ3n) is 8.47. The van der Waals surface area contributed by atoms with Crippen molar-refractivity contribution in [3.8, 4) is 0 Å². The average molecular weight is 495 g/mol. The van der Waals surface area contributed by atoms with E-state index in [0.29, 0.717) is 12.2 Å². The summed E-state index contributed by atoms with van der Waals surface area (Å²) < 4.78 is 0. The molecule has 1 fully saturated rings. The van der Waals surface area contributed by atoms with Gasteiger partial charge in [-0.05, 0) is 105 Å². The molecule has 0 unspecified atom stereocenters. The van der Waals surface area contributed by atoms with Gasteiger partial charge in [-0.15, -0.1) is 0 Å². The predicted octanol–water partition coefficient (Wildman–Crippen LogP) is 7.21. The topological polar surface area (TPSA) is 23.6 Å². The summed E-state index contributed by atoms with van der Waals surface area (Å²) in [7, 11) is 0. The van der Waals surface area contributed by atoms with Crippen molar-refractivity contribution in [1.82, 2.24) is 9.80 Å². The molecule has 2 aliphatic rings. The number of ketones is 1. The van der Waals surface area contributed by atoms with Gasteiger partial charge in [0.25, 0.3) is 0 Å². The molecule has 0 aromatic heterocycles. The summed E-state index contributed by atoms with van der Waals surface area (Å²) in [6.07, 6.45) is 7.68. The normalized spacial score (nSPS) is 17.3. The molecule has 0 spiro atoms. The fourth-order valence-electron chi connectivity index (χ4n) is 6.14. The number of fused-ring (bicyclic) bond motifs is 1. The lowest BCUT2D eigenvalue weighted by atomic mass is 9.90. The highest BCUT2D eigenvalue weighted by molar-refractivity contribution is 5.96. The van der Waals surface area contributed by atoms with Crippen LogP contribution < -0.4 is 0 Å². The number of aryl methyl sites for hydroxylation is 2.